The zero-order valence-electron chi connectivity index (χ0n) is 21.6. The van der Waals surface area contributed by atoms with E-state index in [9.17, 15) is 31.5 Å². The molecule has 0 saturated heterocycles. The van der Waals surface area contributed by atoms with E-state index in [1.165, 1.54) is 6.08 Å². The lowest BCUT2D eigenvalue weighted by atomic mass is 9.48. The van der Waals surface area contributed by atoms with Gasteiger partial charge in [-0.25, -0.2) is 0 Å². The molecule has 2 fully saturated rings. The minimum atomic E-state index is -5.68. The first-order chi connectivity index (χ1) is 16.5. The van der Waals surface area contributed by atoms with Crippen molar-refractivity contribution < 1.29 is 35.7 Å². The number of alkyl halides is 3. The quantitative estimate of drug-likeness (QED) is 0.390. The summed E-state index contributed by atoms with van der Waals surface area (Å²) >= 11 is 0. The molecule has 0 heterocycles. The van der Waals surface area contributed by atoms with Gasteiger partial charge in [0.25, 0.3) is 0 Å². The number of allylic oxidation sites excluding steroid dienone is 4. The smallest absolute Gasteiger partial charge is 0.391 e. The number of nitrogens with zero attached hydrogens (tertiary/aromatic N) is 1. The van der Waals surface area contributed by atoms with Crippen molar-refractivity contribution in [3.8, 4) is 0 Å². The summed E-state index contributed by atoms with van der Waals surface area (Å²) in [4.78, 5) is 15.2. The number of carbonyl (C=O) groups is 1. The normalized spacial score (nSPS) is 38.0. The van der Waals surface area contributed by atoms with Crippen LogP contribution in [0.4, 0.5) is 13.2 Å². The zero-order valence-corrected chi connectivity index (χ0v) is 22.5. The second kappa shape index (κ2) is 9.03. The molecular formula is C26H38F3NO5S. The highest BCUT2D eigenvalue weighted by Gasteiger charge is 2.60. The van der Waals surface area contributed by atoms with Crippen molar-refractivity contribution in [3.63, 3.8) is 0 Å². The number of carbonyl (C=O) groups excluding carboxylic acids is 1. The van der Waals surface area contributed by atoms with Gasteiger partial charge < -0.3 is 14.2 Å². The third-order valence-electron chi connectivity index (χ3n) is 10.2. The van der Waals surface area contributed by atoms with Gasteiger partial charge in [-0.15, -0.1) is 0 Å². The van der Waals surface area contributed by atoms with Gasteiger partial charge in [-0.05, 0) is 92.6 Å². The molecule has 4 aliphatic carbocycles. The lowest BCUT2D eigenvalue weighted by Gasteiger charge is -2.57. The minimum absolute atomic E-state index is 0.0911. The second-order valence-electron chi connectivity index (χ2n) is 11.9. The Morgan fingerprint density at radius 3 is 2.44 bits per heavy atom. The molecule has 0 aromatic rings. The van der Waals surface area contributed by atoms with Crippen LogP contribution >= 0.6 is 0 Å². The van der Waals surface area contributed by atoms with E-state index in [2.05, 4.69) is 18.0 Å². The Hall–Kier alpha value is -1.55. The van der Waals surface area contributed by atoms with Crippen LogP contribution in [-0.2, 0) is 19.1 Å². The van der Waals surface area contributed by atoms with Gasteiger partial charge in [-0.3, -0.25) is 4.79 Å². The maximum atomic E-state index is 13.5. The summed E-state index contributed by atoms with van der Waals surface area (Å²) < 4.78 is 65.9. The molecule has 6 nitrogen and oxygen atoms in total. The number of aliphatic hydroxyl groups is 1. The van der Waals surface area contributed by atoms with Gasteiger partial charge in [0.2, 0.25) is 5.91 Å². The lowest BCUT2D eigenvalue weighted by molar-refractivity contribution is -0.144. The van der Waals surface area contributed by atoms with Crippen molar-refractivity contribution in [2.24, 2.45) is 34.5 Å². The second-order valence-corrected chi connectivity index (χ2v) is 13.4. The fourth-order valence-electron chi connectivity index (χ4n) is 7.73. The third kappa shape index (κ3) is 4.29. The molecule has 0 bridgehead atoms. The maximum Gasteiger partial charge on any atom is 0.534 e. The van der Waals surface area contributed by atoms with E-state index >= 15 is 0 Å². The molecule has 8 atom stereocenters. The number of halogens is 3. The minimum Gasteiger partial charge on any atom is -0.391 e. The van der Waals surface area contributed by atoms with E-state index in [1.807, 2.05) is 13.0 Å². The maximum absolute atomic E-state index is 13.5. The zero-order chi connectivity index (χ0) is 26.8. The molecule has 0 aliphatic heterocycles. The molecule has 1 amide bonds. The van der Waals surface area contributed by atoms with E-state index in [4.69, 9.17) is 0 Å². The molecule has 0 aromatic heterocycles. The highest BCUT2D eigenvalue weighted by atomic mass is 32.2. The number of likely N-dealkylation sites (N-methyl/N-ethyl adjacent to an activating group) is 1. The van der Waals surface area contributed by atoms with Crippen molar-refractivity contribution in [1.82, 2.24) is 4.90 Å². The van der Waals surface area contributed by atoms with Crippen LogP contribution in [0.1, 0.15) is 72.6 Å². The summed E-state index contributed by atoms with van der Waals surface area (Å²) in [5.41, 5.74) is -4.99. The van der Waals surface area contributed by atoms with Crippen molar-refractivity contribution in [1.29, 1.82) is 0 Å². The SMILES string of the molecule is CC(O)C(C)N(C)C(=O)[C@H]1CC[C@H]2[C@@H]3CC=C4C=C(OS(=O)(=O)C(F)(F)F)CC[C@]4(C)[C@H]3CC[C@]12C. The summed E-state index contributed by atoms with van der Waals surface area (Å²) in [6, 6.07) is -0.262. The molecule has 36 heavy (non-hydrogen) atoms. The van der Waals surface area contributed by atoms with Crippen LogP contribution in [0, 0.1) is 34.5 Å². The van der Waals surface area contributed by atoms with Crippen molar-refractivity contribution >= 4 is 16.0 Å². The Bertz CT molecular complexity index is 1070. The first-order valence-electron chi connectivity index (χ1n) is 12.9. The summed E-state index contributed by atoms with van der Waals surface area (Å²) in [6.45, 7) is 7.93. The molecule has 204 valence electrons. The van der Waals surface area contributed by atoms with Crippen molar-refractivity contribution in [2.75, 3.05) is 7.05 Å². The number of amides is 1. The van der Waals surface area contributed by atoms with E-state index in [-0.39, 0.29) is 40.9 Å². The highest BCUT2D eigenvalue weighted by Crippen LogP contribution is 2.66. The predicted molar refractivity (Wildman–Crippen MR) is 129 cm³/mol. The van der Waals surface area contributed by atoms with Crippen LogP contribution < -0.4 is 0 Å². The van der Waals surface area contributed by atoms with Gasteiger partial charge >= 0.3 is 15.6 Å². The predicted octanol–water partition coefficient (Wildman–Crippen LogP) is 5.15. The molecule has 4 aliphatic rings. The summed E-state index contributed by atoms with van der Waals surface area (Å²) in [7, 11) is -3.91. The Kier molecular flexibility index (Phi) is 6.90. The fourth-order valence-corrected chi connectivity index (χ4v) is 8.24. The van der Waals surface area contributed by atoms with E-state index in [1.54, 1.807) is 18.9 Å². The molecule has 0 radical (unpaired) electrons. The summed E-state index contributed by atoms with van der Waals surface area (Å²) in [6.07, 6.45) is 7.94. The number of rotatable bonds is 5. The highest BCUT2D eigenvalue weighted by molar-refractivity contribution is 7.87. The van der Waals surface area contributed by atoms with Gasteiger partial charge in [-0.1, -0.05) is 19.9 Å². The number of hydrogen-bond acceptors (Lipinski definition) is 5. The van der Waals surface area contributed by atoms with Gasteiger partial charge in [0, 0.05) is 19.4 Å². The number of aliphatic hydroxyl groups excluding tert-OH is 1. The molecule has 0 aromatic carbocycles. The average molecular weight is 534 g/mol. The molecule has 2 unspecified atom stereocenters. The first-order valence-corrected chi connectivity index (χ1v) is 14.3. The fraction of sp³-hybridized carbons (Fsp3) is 0.808. The first kappa shape index (κ1) is 27.5. The Morgan fingerprint density at radius 1 is 1.17 bits per heavy atom. The molecule has 4 rings (SSSR count). The molecule has 1 N–H and O–H groups in total. The summed E-state index contributed by atoms with van der Waals surface area (Å²) in [5, 5.41) is 9.99. The van der Waals surface area contributed by atoms with E-state index in [0.717, 1.165) is 37.7 Å². The van der Waals surface area contributed by atoms with E-state index < -0.39 is 21.7 Å². The van der Waals surface area contributed by atoms with Crippen molar-refractivity contribution in [2.45, 2.75) is 90.3 Å². The van der Waals surface area contributed by atoms with E-state index in [0.29, 0.717) is 24.2 Å². The Labute approximate surface area is 212 Å². The Morgan fingerprint density at radius 2 is 1.83 bits per heavy atom. The van der Waals surface area contributed by atoms with Crippen LogP contribution in [0.15, 0.2) is 23.5 Å². The van der Waals surface area contributed by atoms with Crippen LogP contribution in [0.5, 0.6) is 0 Å². The standard InChI is InChI=1S/C26H38F3NO5S/c1-15(16(2)31)30(5)23(32)22-9-8-20-19-7-6-17-14-18(35-36(33,34)26(27,28)29)10-12-24(17,3)21(19)11-13-25(20,22)4/h6,14-16,19-22,31H,7-13H2,1-5H3/t15?,16?,19-,20-,21-,22+,24-,25-/m0/s1. The average Bonchev–Trinajstić information content (AvgIpc) is 3.14. The van der Waals surface area contributed by atoms with Gasteiger partial charge in [0.05, 0.1) is 12.1 Å². The van der Waals surface area contributed by atoms with Gasteiger partial charge in [0.1, 0.15) is 5.76 Å². The topological polar surface area (TPSA) is 83.9 Å². The van der Waals surface area contributed by atoms with Gasteiger partial charge in [-0.2, -0.15) is 21.6 Å². The molecular weight excluding hydrogens is 495 g/mol. The number of fused-ring (bicyclic) bond motifs is 5. The van der Waals surface area contributed by atoms with Crippen LogP contribution in [0.2, 0.25) is 0 Å². The number of hydrogen-bond donors (Lipinski definition) is 1. The molecule has 10 heteroatoms. The Balaban J connectivity index is 1.56. The largest absolute Gasteiger partial charge is 0.534 e. The summed E-state index contributed by atoms with van der Waals surface area (Å²) in [5.74, 6) is 0.893. The monoisotopic (exact) mass is 533 g/mol. The van der Waals surface area contributed by atoms with Crippen LogP contribution in [-0.4, -0.2) is 49.0 Å². The molecule has 2 saturated carbocycles. The van der Waals surface area contributed by atoms with Crippen molar-refractivity contribution in [3.05, 3.63) is 23.5 Å². The van der Waals surface area contributed by atoms with Crippen LogP contribution in [0.25, 0.3) is 0 Å². The third-order valence-corrected chi connectivity index (χ3v) is 11.2. The lowest BCUT2D eigenvalue weighted by Crippen LogP contribution is -2.52. The molecule has 0 spiro atoms. The van der Waals surface area contributed by atoms with Gasteiger partial charge in [0.15, 0.2) is 0 Å². The van der Waals surface area contributed by atoms with Crippen LogP contribution in [0.3, 0.4) is 0 Å².